The Morgan fingerprint density at radius 2 is 1.82 bits per heavy atom. The minimum Gasteiger partial charge on any atom is -0.266 e. The van der Waals surface area contributed by atoms with Crippen LogP contribution in [0.3, 0.4) is 0 Å². The molecule has 0 aliphatic heterocycles. The Hall–Kier alpha value is -0.880. The first kappa shape index (κ1) is 12.6. The van der Waals surface area contributed by atoms with E-state index < -0.39 is 10.0 Å². The zero-order valence-electron chi connectivity index (χ0n) is 9.85. The van der Waals surface area contributed by atoms with Gasteiger partial charge in [0.15, 0.2) is 5.03 Å². The highest BCUT2D eigenvalue weighted by Crippen LogP contribution is 2.18. The molecule has 2 rings (SSSR count). The van der Waals surface area contributed by atoms with Gasteiger partial charge in [-0.25, -0.2) is 13.1 Å². The molecule has 0 bridgehead atoms. The van der Waals surface area contributed by atoms with Crippen LogP contribution in [0.15, 0.2) is 17.3 Å². The monoisotopic (exact) mass is 257 g/mol. The fourth-order valence-electron chi connectivity index (χ4n) is 2.25. The van der Waals surface area contributed by atoms with Crippen molar-refractivity contribution in [3.8, 4) is 0 Å². The van der Waals surface area contributed by atoms with Crippen molar-refractivity contribution in [3.05, 3.63) is 12.3 Å². The molecule has 1 heterocycles. The summed E-state index contributed by atoms with van der Waals surface area (Å²) in [5, 5.41) is 6.32. The van der Waals surface area contributed by atoms with Crippen LogP contribution >= 0.6 is 0 Å². The molecule has 1 aromatic heterocycles. The summed E-state index contributed by atoms with van der Waals surface area (Å²) in [7, 11) is -3.41. The van der Waals surface area contributed by atoms with E-state index in [-0.39, 0.29) is 11.1 Å². The molecule has 0 aromatic carbocycles. The number of nitrogens with zero attached hydrogens (tertiary/aromatic N) is 1. The minimum atomic E-state index is -3.41. The van der Waals surface area contributed by atoms with E-state index in [0.717, 1.165) is 25.7 Å². The molecule has 96 valence electrons. The van der Waals surface area contributed by atoms with Crippen molar-refractivity contribution in [2.24, 2.45) is 0 Å². The van der Waals surface area contributed by atoms with Crippen molar-refractivity contribution in [3.63, 3.8) is 0 Å². The van der Waals surface area contributed by atoms with Gasteiger partial charge in [-0.15, -0.1) is 0 Å². The normalized spacial score (nSPS) is 19.8. The van der Waals surface area contributed by atoms with Gasteiger partial charge in [0.25, 0.3) is 10.0 Å². The van der Waals surface area contributed by atoms with Gasteiger partial charge in [0.2, 0.25) is 0 Å². The second-order valence-corrected chi connectivity index (χ2v) is 6.27. The van der Waals surface area contributed by atoms with Crippen LogP contribution < -0.4 is 4.72 Å². The fourth-order valence-corrected chi connectivity index (χ4v) is 3.46. The average molecular weight is 257 g/mol. The molecule has 5 nitrogen and oxygen atoms in total. The van der Waals surface area contributed by atoms with Gasteiger partial charge in [-0.3, -0.25) is 5.10 Å². The van der Waals surface area contributed by atoms with Crippen LogP contribution in [0.25, 0.3) is 0 Å². The lowest BCUT2D eigenvalue weighted by Crippen LogP contribution is -2.35. The molecule has 0 atom stereocenters. The summed E-state index contributed by atoms with van der Waals surface area (Å²) >= 11 is 0. The van der Waals surface area contributed by atoms with E-state index in [0.29, 0.717) is 0 Å². The van der Waals surface area contributed by atoms with Gasteiger partial charge in [0.05, 0.1) is 6.20 Å². The molecule has 0 saturated heterocycles. The Balaban J connectivity index is 1.99. The molecule has 1 aliphatic rings. The predicted molar refractivity (Wildman–Crippen MR) is 65.0 cm³/mol. The lowest BCUT2D eigenvalue weighted by molar-refractivity contribution is 0.426. The van der Waals surface area contributed by atoms with Crippen LogP contribution in [0.4, 0.5) is 0 Å². The van der Waals surface area contributed by atoms with Crippen LogP contribution in [-0.4, -0.2) is 24.7 Å². The van der Waals surface area contributed by atoms with Crippen LogP contribution in [0.5, 0.6) is 0 Å². The maximum absolute atomic E-state index is 12.0. The number of aromatic amines is 1. The Kier molecular flexibility index (Phi) is 4.17. The third kappa shape index (κ3) is 3.54. The maximum atomic E-state index is 12.0. The lowest BCUT2D eigenvalue weighted by atomic mass is 9.97. The molecule has 6 heteroatoms. The summed E-state index contributed by atoms with van der Waals surface area (Å²) in [6, 6.07) is 1.55. The molecule has 1 aliphatic carbocycles. The van der Waals surface area contributed by atoms with Crippen molar-refractivity contribution in [2.45, 2.75) is 56.0 Å². The Morgan fingerprint density at radius 3 is 2.41 bits per heavy atom. The van der Waals surface area contributed by atoms with Crippen molar-refractivity contribution in [1.82, 2.24) is 14.9 Å². The van der Waals surface area contributed by atoms with Gasteiger partial charge >= 0.3 is 0 Å². The quantitative estimate of drug-likeness (QED) is 0.867. The van der Waals surface area contributed by atoms with E-state index in [1.807, 2.05) is 0 Å². The molecule has 1 saturated carbocycles. The van der Waals surface area contributed by atoms with E-state index in [4.69, 9.17) is 0 Å². The molecule has 17 heavy (non-hydrogen) atoms. The zero-order valence-corrected chi connectivity index (χ0v) is 10.7. The first-order valence-electron chi connectivity index (χ1n) is 6.20. The molecular weight excluding hydrogens is 238 g/mol. The molecule has 0 spiro atoms. The highest BCUT2D eigenvalue weighted by Gasteiger charge is 2.21. The van der Waals surface area contributed by atoms with Crippen LogP contribution in [0.2, 0.25) is 0 Å². The topological polar surface area (TPSA) is 74.8 Å². The van der Waals surface area contributed by atoms with Gasteiger partial charge in [-0.2, -0.15) is 5.10 Å². The average Bonchev–Trinajstić information content (AvgIpc) is 2.75. The number of sulfonamides is 1. The standard InChI is InChI=1S/C11H19N3O2S/c15-17(16,11-8-9-12-13-11)14-10-6-4-2-1-3-5-7-10/h8-10,14H,1-7H2,(H,12,13). The Morgan fingerprint density at radius 1 is 1.18 bits per heavy atom. The molecule has 1 fully saturated rings. The summed E-state index contributed by atoms with van der Waals surface area (Å²) in [5.41, 5.74) is 0. The number of nitrogens with one attached hydrogen (secondary N) is 2. The largest absolute Gasteiger partial charge is 0.266 e. The van der Waals surface area contributed by atoms with Crippen molar-refractivity contribution >= 4 is 10.0 Å². The van der Waals surface area contributed by atoms with Crippen LogP contribution in [-0.2, 0) is 10.0 Å². The predicted octanol–water partition coefficient (Wildman–Crippen LogP) is 1.80. The van der Waals surface area contributed by atoms with Gasteiger partial charge in [-0.1, -0.05) is 32.1 Å². The number of aromatic nitrogens is 2. The summed E-state index contributed by atoms with van der Waals surface area (Å²) < 4.78 is 26.7. The van der Waals surface area contributed by atoms with E-state index in [1.165, 1.54) is 31.5 Å². The van der Waals surface area contributed by atoms with Gasteiger partial charge < -0.3 is 0 Å². The summed E-state index contributed by atoms with van der Waals surface area (Å²) in [6.45, 7) is 0. The highest BCUT2D eigenvalue weighted by atomic mass is 32.2. The summed E-state index contributed by atoms with van der Waals surface area (Å²) in [5.74, 6) is 0. The Bertz CT molecular complexity index is 420. The van der Waals surface area contributed by atoms with Crippen molar-refractivity contribution in [2.75, 3.05) is 0 Å². The van der Waals surface area contributed by atoms with Crippen molar-refractivity contribution in [1.29, 1.82) is 0 Å². The molecule has 1 aromatic rings. The van der Waals surface area contributed by atoms with E-state index in [2.05, 4.69) is 14.9 Å². The van der Waals surface area contributed by atoms with E-state index >= 15 is 0 Å². The van der Waals surface area contributed by atoms with Crippen molar-refractivity contribution < 1.29 is 8.42 Å². The second kappa shape index (κ2) is 5.64. The third-order valence-corrected chi connectivity index (χ3v) is 4.64. The van der Waals surface area contributed by atoms with Crippen LogP contribution in [0, 0.1) is 0 Å². The number of hydrogen-bond acceptors (Lipinski definition) is 3. The zero-order chi connectivity index (χ0) is 12.1. The number of H-pyrrole nitrogens is 1. The number of hydrogen-bond donors (Lipinski definition) is 2. The second-order valence-electron chi connectivity index (χ2n) is 4.58. The smallest absolute Gasteiger partial charge is 0.257 e. The molecule has 2 N–H and O–H groups in total. The van der Waals surface area contributed by atoms with E-state index in [1.54, 1.807) is 0 Å². The fraction of sp³-hybridized carbons (Fsp3) is 0.727. The van der Waals surface area contributed by atoms with Gasteiger partial charge in [0, 0.05) is 6.04 Å². The van der Waals surface area contributed by atoms with Gasteiger partial charge in [-0.05, 0) is 18.9 Å². The van der Waals surface area contributed by atoms with Crippen LogP contribution in [0.1, 0.15) is 44.9 Å². The molecule has 0 unspecified atom stereocenters. The lowest BCUT2D eigenvalue weighted by Gasteiger charge is -2.20. The third-order valence-electron chi connectivity index (χ3n) is 3.19. The van der Waals surface area contributed by atoms with E-state index in [9.17, 15) is 8.42 Å². The Labute approximate surface area is 102 Å². The molecular formula is C11H19N3O2S. The maximum Gasteiger partial charge on any atom is 0.257 e. The first-order valence-corrected chi connectivity index (χ1v) is 7.68. The van der Waals surface area contributed by atoms with Gasteiger partial charge in [0.1, 0.15) is 0 Å². The first-order chi connectivity index (χ1) is 8.18. The SMILES string of the molecule is O=S(=O)(NC1CCCCCCC1)c1ccn[nH]1. The summed E-state index contributed by atoms with van der Waals surface area (Å²) in [6.07, 6.45) is 9.24. The highest BCUT2D eigenvalue weighted by molar-refractivity contribution is 7.89. The molecule has 0 amide bonds. The minimum absolute atomic E-state index is 0.0728. The molecule has 0 radical (unpaired) electrons. The number of rotatable bonds is 3. The summed E-state index contributed by atoms with van der Waals surface area (Å²) in [4.78, 5) is 0.